The highest BCUT2D eigenvalue weighted by molar-refractivity contribution is 5.99. The number of anilines is 1. The third-order valence-electron chi connectivity index (χ3n) is 3.70. The van der Waals surface area contributed by atoms with Crippen molar-refractivity contribution in [2.24, 2.45) is 0 Å². The quantitative estimate of drug-likeness (QED) is 0.806. The van der Waals surface area contributed by atoms with Crippen LogP contribution in [0.1, 0.15) is 55.3 Å². The standard InChI is InChI=1S/C15H21FN2O/c16-11-8-9-13(14(17)10-11)15(19)18-12-6-4-2-1-3-5-7-12/h8-10,12H,1-7,17H2,(H,18,19). The lowest BCUT2D eigenvalue weighted by Gasteiger charge is -2.21. The summed E-state index contributed by atoms with van der Waals surface area (Å²) in [7, 11) is 0. The summed E-state index contributed by atoms with van der Waals surface area (Å²) in [6.07, 6.45) is 8.13. The summed E-state index contributed by atoms with van der Waals surface area (Å²) in [6.45, 7) is 0. The average Bonchev–Trinajstić information content (AvgIpc) is 2.32. The first-order chi connectivity index (χ1) is 9.16. The first kappa shape index (κ1) is 13.8. The summed E-state index contributed by atoms with van der Waals surface area (Å²) >= 11 is 0. The van der Waals surface area contributed by atoms with Gasteiger partial charge in [0.1, 0.15) is 5.82 Å². The molecule has 4 heteroatoms. The van der Waals surface area contributed by atoms with Gasteiger partial charge in [-0.15, -0.1) is 0 Å². The van der Waals surface area contributed by atoms with Crippen molar-refractivity contribution in [3.8, 4) is 0 Å². The molecule has 0 aliphatic heterocycles. The molecule has 0 spiro atoms. The fourth-order valence-corrected chi connectivity index (χ4v) is 2.60. The third-order valence-corrected chi connectivity index (χ3v) is 3.70. The van der Waals surface area contributed by atoms with Crippen LogP contribution < -0.4 is 11.1 Å². The zero-order valence-electron chi connectivity index (χ0n) is 11.1. The predicted molar refractivity (Wildman–Crippen MR) is 74.4 cm³/mol. The van der Waals surface area contributed by atoms with Gasteiger partial charge in [-0.1, -0.05) is 32.1 Å². The number of nitrogens with two attached hydrogens (primary N) is 1. The largest absolute Gasteiger partial charge is 0.398 e. The molecule has 0 radical (unpaired) electrons. The smallest absolute Gasteiger partial charge is 0.253 e. The summed E-state index contributed by atoms with van der Waals surface area (Å²) in [5.41, 5.74) is 6.24. The number of benzene rings is 1. The zero-order chi connectivity index (χ0) is 13.7. The van der Waals surface area contributed by atoms with Gasteiger partial charge in [0, 0.05) is 11.7 Å². The first-order valence-electron chi connectivity index (χ1n) is 7.02. The van der Waals surface area contributed by atoms with Crippen LogP contribution in [0.5, 0.6) is 0 Å². The van der Waals surface area contributed by atoms with Gasteiger partial charge in [0.2, 0.25) is 0 Å². The molecule has 0 unspecified atom stereocenters. The van der Waals surface area contributed by atoms with Crippen molar-refractivity contribution in [2.45, 2.75) is 51.0 Å². The topological polar surface area (TPSA) is 55.1 Å². The fourth-order valence-electron chi connectivity index (χ4n) is 2.60. The molecule has 1 fully saturated rings. The minimum absolute atomic E-state index is 0.192. The van der Waals surface area contributed by atoms with Crippen molar-refractivity contribution >= 4 is 11.6 Å². The van der Waals surface area contributed by atoms with E-state index >= 15 is 0 Å². The summed E-state index contributed by atoms with van der Waals surface area (Å²) in [5, 5.41) is 3.02. The molecule has 1 saturated carbocycles. The van der Waals surface area contributed by atoms with E-state index in [9.17, 15) is 9.18 Å². The van der Waals surface area contributed by atoms with Gasteiger partial charge in [0.25, 0.3) is 5.91 Å². The molecule has 0 saturated heterocycles. The Labute approximate surface area is 113 Å². The van der Waals surface area contributed by atoms with Gasteiger partial charge >= 0.3 is 0 Å². The van der Waals surface area contributed by atoms with E-state index in [1.807, 2.05) is 0 Å². The molecular weight excluding hydrogens is 243 g/mol. The normalized spacial score (nSPS) is 17.5. The van der Waals surface area contributed by atoms with Crippen LogP contribution in [0.3, 0.4) is 0 Å². The number of halogens is 1. The lowest BCUT2D eigenvalue weighted by Crippen LogP contribution is -2.35. The van der Waals surface area contributed by atoms with E-state index in [0.717, 1.165) is 25.7 Å². The van der Waals surface area contributed by atoms with Gasteiger partial charge < -0.3 is 11.1 Å². The van der Waals surface area contributed by atoms with E-state index in [2.05, 4.69) is 5.32 Å². The first-order valence-corrected chi connectivity index (χ1v) is 7.02. The van der Waals surface area contributed by atoms with E-state index in [4.69, 9.17) is 5.73 Å². The SMILES string of the molecule is Nc1cc(F)ccc1C(=O)NC1CCCCCCC1. The Bertz CT molecular complexity index is 440. The minimum Gasteiger partial charge on any atom is -0.398 e. The van der Waals surface area contributed by atoms with Crippen LogP contribution in [0.15, 0.2) is 18.2 Å². The van der Waals surface area contributed by atoms with Crippen LogP contribution in [0.25, 0.3) is 0 Å². The average molecular weight is 264 g/mol. The van der Waals surface area contributed by atoms with Gasteiger partial charge in [-0.3, -0.25) is 4.79 Å². The number of rotatable bonds is 2. The van der Waals surface area contributed by atoms with Crippen LogP contribution in [-0.4, -0.2) is 11.9 Å². The molecule has 104 valence electrons. The molecule has 1 amide bonds. The second-order valence-corrected chi connectivity index (χ2v) is 5.25. The highest BCUT2D eigenvalue weighted by Gasteiger charge is 2.16. The van der Waals surface area contributed by atoms with Crippen LogP contribution >= 0.6 is 0 Å². The van der Waals surface area contributed by atoms with Crippen molar-refractivity contribution in [3.05, 3.63) is 29.6 Å². The molecule has 0 atom stereocenters. The van der Waals surface area contributed by atoms with E-state index in [0.29, 0.717) is 5.56 Å². The number of carbonyl (C=O) groups excluding carboxylic acids is 1. The van der Waals surface area contributed by atoms with Gasteiger partial charge in [0.15, 0.2) is 0 Å². The van der Waals surface area contributed by atoms with Crippen LogP contribution in [0.4, 0.5) is 10.1 Å². The van der Waals surface area contributed by atoms with Crippen molar-refractivity contribution in [1.29, 1.82) is 0 Å². The van der Waals surface area contributed by atoms with Gasteiger partial charge in [-0.2, -0.15) is 0 Å². The van der Waals surface area contributed by atoms with Crippen molar-refractivity contribution in [3.63, 3.8) is 0 Å². The maximum absolute atomic E-state index is 13.0. The van der Waals surface area contributed by atoms with E-state index in [1.165, 1.54) is 37.5 Å². The van der Waals surface area contributed by atoms with Gasteiger partial charge in [-0.25, -0.2) is 4.39 Å². The minimum atomic E-state index is -0.417. The van der Waals surface area contributed by atoms with Crippen LogP contribution in [0.2, 0.25) is 0 Å². The molecule has 0 aromatic heterocycles. The zero-order valence-corrected chi connectivity index (χ0v) is 11.1. The van der Waals surface area contributed by atoms with E-state index in [-0.39, 0.29) is 17.6 Å². The van der Waals surface area contributed by atoms with E-state index < -0.39 is 5.82 Å². The Morgan fingerprint density at radius 1 is 1.16 bits per heavy atom. The summed E-state index contributed by atoms with van der Waals surface area (Å²) in [5.74, 6) is -0.608. The Morgan fingerprint density at radius 3 is 2.42 bits per heavy atom. The van der Waals surface area contributed by atoms with Gasteiger partial charge in [-0.05, 0) is 31.0 Å². The van der Waals surface area contributed by atoms with Crippen LogP contribution in [-0.2, 0) is 0 Å². The molecule has 1 aromatic rings. The lowest BCUT2D eigenvalue weighted by atomic mass is 9.96. The molecule has 2 rings (SSSR count). The number of carbonyl (C=O) groups is 1. The monoisotopic (exact) mass is 264 g/mol. The number of amides is 1. The summed E-state index contributed by atoms with van der Waals surface area (Å²) < 4.78 is 13.0. The highest BCUT2D eigenvalue weighted by Crippen LogP contribution is 2.19. The molecule has 19 heavy (non-hydrogen) atoms. The molecule has 1 aliphatic carbocycles. The molecule has 1 aliphatic rings. The third kappa shape index (κ3) is 3.94. The Morgan fingerprint density at radius 2 is 1.79 bits per heavy atom. The molecule has 1 aromatic carbocycles. The van der Waals surface area contributed by atoms with Crippen molar-refractivity contribution < 1.29 is 9.18 Å². The van der Waals surface area contributed by atoms with E-state index in [1.54, 1.807) is 0 Å². The maximum atomic E-state index is 13.0. The maximum Gasteiger partial charge on any atom is 0.253 e. The second kappa shape index (κ2) is 6.55. The number of hydrogen-bond donors (Lipinski definition) is 2. The van der Waals surface area contributed by atoms with Gasteiger partial charge in [0.05, 0.1) is 5.56 Å². The fraction of sp³-hybridized carbons (Fsp3) is 0.533. The summed E-state index contributed by atoms with van der Waals surface area (Å²) in [4.78, 5) is 12.1. The molecule has 3 N–H and O–H groups in total. The lowest BCUT2D eigenvalue weighted by molar-refractivity contribution is 0.0931. The van der Waals surface area contributed by atoms with Crippen molar-refractivity contribution in [1.82, 2.24) is 5.32 Å². The highest BCUT2D eigenvalue weighted by atomic mass is 19.1. The Kier molecular flexibility index (Phi) is 4.77. The van der Waals surface area contributed by atoms with Crippen LogP contribution in [0, 0.1) is 5.82 Å². The second-order valence-electron chi connectivity index (χ2n) is 5.25. The molecule has 0 bridgehead atoms. The number of hydrogen-bond acceptors (Lipinski definition) is 2. The Hall–Kier alpha value is -1.58. The predicted octanol–water partition coefficient (Wildman–Crippen LogP) is 3.25. The molecule has 0 heterocycles. The number of nitrogen functional groups attached to an aromatic ring is 1. The van der Waals surface area contributed by atoms with Crippen molar-refractivity contribution in [2.75, 3.05) is 5.73 Å². The summed E-state index contributed by atoms with van der Waals surface area (Å²) in [6, 6.07) is 4.12. The number of nitrogens with one attached hydrogen (secondary N) is 1. The molecule has 3 nitrogen and oxygen atoms in total. The molecular formula is C15H21FN2O. The Balaban J connectivity index is 1.99.